The maximum Gasteiger partial charge on any atom is 0.229 e. The first kappa shape index (κ1) is 15.0. The highest BCUT2D eigenvalue weighted by Gasteiger charge is 2.36. The molecular weight excluding hydrogens is 365 g/mol. The predicted molar refractivity (Wildman–Crippen MR) is 92.9 cm³/mol. The molecule has 0 aromatic heterocycles. The van der Waals surface area contributed by atoms with Crippen LogP contribution in [0.4, 0.5) is 5.69 Å². The van der Waals surface area contributed by atoms with E-state index in [-0.39, 0.29) is 32.4 Å². The molecule has 0 bridgehead atoms. The number of aliphatic hydroxyl groups is 1. The van der Waals surface area contributed by atoms with Crippen LogP contribution in [0.3, 0.4) is 0 Å². The Kier molecular flexibility index (Phi) is 5.11. The summed E-state index contributed by atoms with van der Waals surface area (Å²) in [4.78, 5) is 13.7. The second kappa shape index (κ2) is 6.83. The maximum absolute atomic E-state index is 11.8. The van der Waals surface area contributed by atoms with Gasteiger partial charge < -0.3 is 10.0 Å². The molecule has 1 atom stereocenters. The quantitative estimate of drug-likeness (QED) is 0.278. The summed E-state index contributed by atoms with van der Waals surface area (Å²) >= 11 is -0.158. The zero-order valence-corrected chi connectivity index (χ0v) is 13.6. The van der Waals surface area contributed by atoms with Gasteiger partial charge in [-0.2, -0.15) is 0 Å². The number of carbonyl (C=O) groups excluding carboxylic acids is 1. The number of alkyl halides is 1. The van der Waals surface area contributed by atoms with E-state index in [9.17, 15) is 9.90 Å². The van der Waals surface area contributed by atoms with Crippen LogP contribution >= 0.6 is 20.7 Å². The number of nitrogens with zero attached hydrogens (tertiary/aromatic N) is 1. The minimum Gasteiger partial charge on any atom is -0.508 e. The molecule has 106 valence electrons. The molecule has 1 aliphatic heterocycles. The Bertz CT molecular complexity index is 560. The zero-order valence-electron chi connectivity index (χ0n) is 11.4. The average molecular weight is 383 g/mol. The summed E-state index contributed by atoms with van der Waals surface area (Å²) in [5.74, 6) is 0.400. The molecule has 1 amide bonds. The van der Waals surface area contributed by atoms with E-state index in [0.29, 0.717) is 12.5 Å². The Morgan fingerprint density at radius 3 is 2.80 bits per heavy atom. The summed E-state index contributed by atoms with van der Waals surface area (Å²) < 4.78 is 3.03. The van der Waals surface area contributed by atoms with Crippen molar-refractivity contribution < 1.29 is 9.90 Å². The Balaban J connectivity index is 1.98. The number of hydrogen-bond donors (Lipinski definition) is 1. The van der Waals surface area contributed by atoms with E-state index in [0.717, 1.165) is 10.1 Å². The second-order valence-corrected chi connectivity index (χ2v) is 7.17. The number of β-lactam (4-membered cyclic amide) rings is 1. The zero-order chi connectivity index (χ0) is 14.5. The highest BCUT2D eigenvalue weighted by atomic mass is 127. The lowest BCUT2D eigenvalue weighted by Gasteiger charge is -2.39. The van der Waals surface area contributed by atoms with Crippen LogP contribution in [0.1, 0.15) is 12.0 Å². The molecule has 1 aromatic rings. The van der Waals surface area contributed by atoms with E-state index < -0.39 is 0 Å². The van der Waals surface area contributed by atoms with E-state index in [2.05, 4.69) is 6.58 Å². The van der Waals surface area contributed by atoms with Crippen LogP contribution in [0.25, 0.3) is 0 Å². The van der Waals surface area contributed by atoms with E-state index in [4.69, 9.17) is 0 Å². The van der Waals surface area contributed by atoms with Crippen LogP contribution < -0.4 is 4.90 Å². The number of halogens is 1. The third-order valence-corrected chi connectivity index (χ3v) is 5.55. The fraction of sp³-hybridized carbons (Fsp3) is 0.250. The number of benzene rings is 1. The summed E-state index contributed by atoms with van der Waals surface area (Å²) in [6, 6.07) is 8.39. The highest BCUT2D eigenvalue weighted by Crippen LogP contribution is 2.29. The molecular formula is C16H18INO2. The Morgan fingerprint density at radius 2 is 2.20 bits per heavy atom. The number of anilines is 1. The van der Waals surface area contributed by atoms with Gasteiger partial charge in [-0.25, -0.2) is 0 Å². The molecule has 20 heavy (non-hydrogen) atoms. The molecule has 1 aromatic carbocycles. The van der Waals surface area contributed by atoms with Gasteiger partial charge in [0.25, 0.3) is 0 Å². The van der Waals surface area contributed by atoms with Crippen LogP contribution in [0.2, 0.25) is 0 Å². The summed E-state index contributed by atoms with van der Waals surface area (Å²) in [6.45, 7) is 5.53. The number of hydrogen-bond acceptors (Lipinski definition) is 2. The number of aliphatic hydroxyl groups excluding tert-OH is 1. The lowest BCUT2D eigenvalue weighted by atomic mass is 10.0. The van der Waals surface area contributed by atoms with Crippen molar-refractivity contribution in [3.63, 3.8) is 0 Å². The fourth-order valence-corrected chi connectivity index (χ4v) is 4.21. The van der Waals surface area contributed by atoms with Crippen molar-refractivity contribution in [2.24, 2.45) is 0 Å². The topological polar surface area (TPSA) is 40.5 Å². The van der Waals surface area contributed by atoms with Crippen LogP contribution in [0.15, 0.2) is 48.8 Å². The van der Waals surface area contributed by atoms with E-state index in [1.165, 1.54) is 11.6 Å². The number of amides is 1. The SMILES string of the molecule is C=C/C(O)=C\C=ICC1CC(=O)N1c1ccc(C)cc1. The van der Waals surface area contributed by atoms with E-state index >= 15 is 0 Å². The second-order valence-electron chi connectivity index (χ2n) is 4.69. The predicted octanol–water partition coefficient (Wildman–Crippen LogP) is 3.50. The van der Waals surface area contributed by atoms with Crippen LogP contribution in [0, 0.1) is 6.92 Å². The first-order chi connectivity index (χ1) is 9.61. The number of rotatable bonds is 5. The summed E-state index contributed by atoms with van der Waals surface area (Å²) in [6.07, 6.45) is 3.75. The number of allylic oxidation sites excluding steroid dienone is 2. The van der Waals surface area contributed by atoms with Crippen molar-refractivity contribution >= 4 is 36.3 Å². The molecule has 0 aliphatic carbocycles. The van der Waals surface area contributed by atoms with Crippen molar-refractivity contribution in [3.8, 4) is 0 Å². The molecule has 1 N–H and O–H groups in total. The third-order valence-electron chi connectivity index (χ3n) is 3.16. The standard InChI is InChI=1S/C16H18INO2/c1-3-15(19)8-9-17-11-14-10-16(20)18(14)13-6-4-12(2)5-7-13/h3-9,14,19H,1,10-11H2,2H3/b15-8+. The van der Waals surface area contributed by atoms with Gasteiger partial charge in [-0.3, -0.25) is 4.79 Å². The normalized spacial score (nSPS) is 19.6. The molecule has 0 saturated carbocycles. The molecule has 0 spiro atoms. The molecule has 3 nitrogen and oxygen atoms in total. The van der Waals surface area contributed by atoms with Gasteiger partial charge in [-0.15, -0.1) is 20.7 Å². The molecule has 2 rings (SSSR count). The smallest absolute Gasteiger partial charge is 0.229 e. The molecule has 1 saturated heterocycles. The highest BCUT2D eigenvalue weighted by molar-refractivity contribution is 14.2. The summed E-state index contributed by atoms with van der Waals surface area (Å²) in [5, 5.41) is 9.26. The Hall–Kier alpha value is -1.43. The van der Waals surface area contributed by atoms with E-state index in [1.54, 1.807) is 6.08 Å². The van der Waals surface area contributed by atoms with Gasteiger partial charge in [0.15, 0.2) is 0 Å². The first-order valence-electron chi connectivity index (χ1n) is 6.43. The van der Waals surface area contributed by atoms with Gasteiger partial charge in [0, 0.05) is 16.5 Å². The molecule has 1 aliphatic rings. The van der Waals surface area contributed by atoms with Crippen molar-refractivity contribution in [2.75, 3.05) is 9.33 Å². The average Bonchev–Trinajstić information content (AvgIpc) is 2.44. The van der Waals surface area contributed by atoms with Gasteiger partial charge in [-0.1, -0.05) is 24.3 Å². The Labute approximate surface area is 129 Å². The van der Waals surface area contributed by atoms with Gasteiger partial charge in [0.05, 0.1) is 6.04 Å². The van der Waals surface area contributed by atoms with E-state index in [1.807, 2.05) is 40.1 Å². The van der Waals surface area contributed by atoms with Crippen molar-refractivity contribution in [2.45, 2.75) is 19.4 Å². The fourth-order valence-electron chi connectivity index (χ4n) is 2.00. The molecule has 0 radical (unpaired) electrons. The third kappa shape index (κ3) is 3.56. The van der Waals surface area contributed by atoms with Crippen molar-refractivity contribution in [1.29, 1.82) is 0 Å². The van der Waals surface area contributed by atoms with Gasteiger partial charge in [0.2, 0.25) is 5.91 Å². The molecule has 4 heteroatoms. The van der Waals surface area contributed by atoms with Crippen LogP contribution in [-0.4, -0.2) is 25.5 Å². The minimum absolute atomic E-state index is 0.158. The van der Waals surface area contributed by atoms with Gasteiger partial charge >= 0.3 is 0 Å². The van der Waals surface area contributed by atoms with Crippen molar-refractivity contribution in [1.82, 2.24) is 0 Å². The van der Waals surface area contributed by atoms with Crippen LogP contribution in [-0.2, 0) is 4.79 Å². The Morgan fingerprint density at radius 1 is 1.50 bits per heavy atom. The maximum atomic E-state index is 11.8. The molecule has 1 unspecified atom stereocenters. The van der Waals surface area contributed by atoms with Crippen molar-refractivity contribution in [3.05, 3.63) is 54.3 Å². The minimum atomic E-state index is -0.158. The first-order valence-corrected chi connectivity index (χ1v) is 9.20. The molecule has 1 heterocycles. The summed E-state index contributed by atoms with van der Waals surface area (Å²) in [5.41, 5.74) is 2.19. The monoisotopic (exact) mass is 383 g/mol. The van der Waals surface area contributed by atoms with Gasteiger partial charge in [0.1, 0.15) is 5.76 Å². The summed E-state index contributed by atoms with van der Waals surface area (Å²) in [7, 11) is 0. The van der Waals surface area contributed by atoms with Crippen LogP contribution in [0.5, 0.6) is 0 Å². The lowest BCUT2D eigenvalue weighted by Crippen LogP contribution is -2.54. The number of carbonyl (C=O) groups is 1. The van der Waals surface area contributed by atoms with Gasteiger partial charge in [-0.05, 0) is 35.2 Å². The number of aryl methyl sites for hydroxylation is 1. The lowest BCUT2D eigenvalue weighted by molar-refractivity contribution is -0.123. The largest absolute Gasteiger partial charge is 0.508 e. The molecule has 1 fully saturated rings.